The van der Waals surface area contributed by atoms with E-state index in [2.05, 4.69) is 0 Å². The van der Waals surface area contributed by atoms with Gasteiger partial charge in [0.2, 0.25) is 10.0 Å². The van der Waals surface area contributed by atoms with E-state index in [4.69, 9.17) is 5.11 Å². The summed E-state index contributed by atoms with van der Waals surface area (Å²) in [5, 5.41) is 8.86. The highest BCUT2D eigenvalue weighted by Crippen LogP contribution is 2.02. The molecule has 8 heteroatoms. The maximum atomic E-state index is 11.6. The molecule has 106 valence electrons. The Hall–Kier alpha value is -1.67. The van der Waals surface area contributed by atoms with Gasteiger partial charge in [0.15, 0.2) is 5.43 Å². The smallest absolute Gasteiger partial charge is 0.341 e. The lowest BCUT2D eigenvalue weighted by Gasteiger charge is -2.14. The van der Waals surface area contributed by atoms with Crippen molar-refractivity contribution in [2.45, 2.75) is 13.5 Å². The van der Waals surface area contributed by atoms with Crippen LogP contribution in [0.3, 0.4) is 0 Å². The fourth-order valence-electron chi connectivity index (χ4n) is 1.47. The molecule has 1 aromatic rings. The van der Waals surface area contributed by atoms with Crippen molar-refractivity contribution in [3.8, 4) is 0 Å². The van der Waals surface area contributed by atoms with Gasteiger partial charge in [-0.05, 0) is 6.92 Å². The van der Waals surface area contributed by atoms with Crippen LogP contribution in [-0.2, 0) is 16.6 Å². The summed E-state index contributed by atoms with van der Waals surface area (Å²) >= 11 is 0. The zero-order chi connectivity index (χ0) is 14.8. The number of aromatic carboxylic acids is 1. The van der Waals surface area contributed by atoms with Gasteiger partial charge in [0, 0.05) is 38.6 Å². The van der Waals surface area contributed by atoms with E-state index >= 15 is 0 Å². The molecule has 0 aliphatic carbocycles. The number of aromatic nitrogens is 1. The molecule has 0 saturated carbocycles. The lowest BCUT2D eigenvalue weighted by molar-refractivity contribution is 0.0694. The minimum Gasteiger partial charge on any atom is -0.477 e. The van der Waals surface area contributed by atoms with Gasteiger partial charge in [0.1, 0.15) is 5.56 Å². The Morgan fingerprint density at radius 1 is 1.42 bits per heavy atom. The molecule has 1 N–H and O–H groups in total. The van der Waals surface area contributed by atoms with Crippen molar-refractivity contribution >= 4 is 16.0 Å². The van der Waals surface area contributed by atoms with E-state index in [1.807, 2.05) is 0 Å². The zero-order valence-corrected chi connectivity index (χ0v) is 11.8. The second kappa shape index (κ2) is 5.54. The first kappa shape index (κ1) is 15.4. The molecule has 0 amide bonds. The molecule has 0 fully saturated rings. The molecule has 0 aliphatic heterocycles. The Morgan fingerprint density at radius 3 is 2.47 bits per heavy atom. The first-order chi connectivity index (χ1) is 8.65. The van der Waals surface area contributed by atoms with E-state index in [-0.39, 0.29) is 17.9 Å². The fraction of sp³-hybridized carbons (Fsp3) is 0.455. The summed E-state index contributed by atoms with van der Waals surface area (Å²) in [5.41, 5.74) is -0.437. The van der Waals surface area contributed by atoms with Gasteiger partial charge in [0.05, 0.1) is 5.75 Å². The molecule has 1 rings (SSSR count). The minimum absolute atomic E-state index is 0.0902. The zero-order valence-electron chi connectivity index (χ0n) is 11.0. The summed E-state index contributed by atoms with van der Waals surface area (Å²) < 4.78 is 25.8. The summed E-state index contributed by atoms with van der Waals surface area (Å²) in [6.07, 6.45) is 1.17. The Kier molecular flexibility index (Phi) is 4.48. The summed E-state index contributed by atoms with van der Waals surface area (Å²) in [5.74, 6) is -1.49. The first-order valence-electron chi connectivity index (χ1n) is 5.49. The molecule has 0 aliphatic rings. The second-order valence-electron chi connectivity index (χ2n) is 4.29. The van der Waals surface area contributed by atoms with Crippen molar-refractivity contribution in [2.75, 3.05) is 19.8 Å². The normalized spacial score (nSPS) is 11.8. The van der Waals surface area contributed by atoms with Gasteiger partial charge in [-0.2, -0.15) is 0 Å². The van der Waals surface area contributed by atoms with Crippen LogP contribution in [0.15, 0.2) is 17.1 Å². The van der Waals surface area contributed by atoms with Crippen LogP contribution >= 0.6 is 0 Å². The van der Waals surface area contributed by atoms with Gasteiger partial charge in [-0.25, -0.2) is 17.5 Å². The summed E-state index contributed by atoms with van der Waals surface area (Å²) in [7, 11) is -0.516. The maximum absolute atomic E-state index is 11.6. The van der Waals surface area contributed by atoms with Crippen molar-refractivity contribution < 1.29 is 18.3 Å². The van der Waals surface area contributed by atoms with Crippen LogP contribution in [0.1, 0.15) is 16.1 Å². The summed E-state index contributed by atoms with van der Waals surface area (Å²) in [6, 6.07) is 1.19. The molecule has 1 aromatic heterocycles. The van der Waals surface area contributed by atoms with Crippen molar-refractivity contribution in [1.82, 2.24) is 8.87 Å². The molecule has 0 bridgehead atoms. The van der Waals surface area contributed by atoms with Crippen LogP contribution in [0.5, 0.6) is 0 Å². The van der Waals surface area contributed by atoms with Gasteiger partial charge in [-0.1, -0.05) is 0 Å². The minimum atomic E-state index is -3.37. The largest absolute Gasteiger partial charge is 0.477 e. The molecule has 0 spiro atoms. The number of aryl methyl sites for hydroxylation is 2. The maximum Gasteiger partial charge on any atom is 0.341 e. The van der Waals surface area contributed by atoms with Crippen molar-refractivity contribution in [3.05, 3.63) is 33.7 Å². The third-order valence-electron chi connectivity index (χ3n) is 2.72. The molecular formula is C11H16N2O5S. The third-order valence-corrected chi connectivity index (χ3v) is 4.53. The average Bonchev–Trinajstić information content (AvgIpc) is 2.27. The Morgan fingerprint density at radius 2 is 2.00 bits per heavy atom. The van der Waals surface area contributed by atoms with Gasteiger partial charge in [0.25, 0.3) is 0 Å². The van der Waals surface area contributed by atoms with E-state index < -0.39 is 21.4 Å². The fourth-order valence-corrected chi connectivity index (χ4v) is 2.26. The predicted octanol–water partition coefficient (Wildman–Crippen LogP) is -0.254. The van der Waals surface area contributed by atoms with Crippen LogP contribution in [0, 0.1) is 6.92 Å². The summed E-state index contributed by atoms with van der Waals surface area (Å²) in [4.78, 5) is 22.3. The van der Waals surface area contributed by atoms with Crippen molar-refractivity contribution in [2.24, 2.45) is 0 Å². The van der Waals surface area contributed by atoms with Crippen LogP contribution < -0.4 is 5.43 Å². The Bertz CT molecular complexity index is 646. The number of pyridine rings is 1. The first-order valence-corrected chi connectivity index (χ1v) is 7.10. The standard InChI is InChI=1S/C11H16N2O5S/c1-8-6-10(14)9(11(15)16)7-13(8)4-5-19(17,18)12(2)3/h6-7H,4-5H2,1-3H3,(H,15,16). The van der Waals surface area contributed by atoms with Gasteiger partial charge in [-0.3, -0.25) is 4.79 Å². The molecule has 0 unspecified atom stereocenters. The summed E-state index contributed by atoms with van der Waals surface area (Å²) in [6.45, 7) is 1.71. The Labute approximate surface area is 111 Å². The molecule has 0 aromatic carbocycles. The number of carboxylic acid groups (broad SMARTS) is 1. The molecule has 0 saturated heterocycles. The third kappa shape index (κ3) is 3.65. The van der Waals surface area contributed by atoms with Crippen molar-refractivity contribution in [1.29, 1.82) is 0 Å². The van der Waals surface area contributed by atoms with Crippen LogP contribution in [0.25, 0.3) is 0 Å². The van der Waals surface area contributed by atoms with Gasteiger partial charge < -0.3 is 9.67 Å². The SMILES string of the molecule is Cc1cc(=O)c(C(=O)O)cn1CCS(=O)(=O)N(C)C. The Balaban J connectivity index is 3.06. The quantitative estimate of drug-likeness (QED) is 0.805. The lowest BCUT2D eigenvalue weighted by Crippen LogP contribution is -2.28. The van der Waals surface area contributed by atoms with Crippen molar-refractivity contribution in [3.63, 3.8) is 0 Å². The van der Waals surface area contributed by atoms with Gasteiger partial charge in [-0.15, -0.1) is 0 Å². The molecule has 0 atom stereocenters. The number of hydrogen-bond donors (Lipinski definition) is 1. The highest BCUT2D eigenvalue weighted by Gasteiger charge is 2.15. The van der Waals surface area contributed by atoms with Crippen LogP contribution in [0.2, 0.25) is 0 Å². The predicted molar refractivity (Wildman–Crippen MR) is 69.9 cm³/mol. The number of hydrogen-bond acceptors (Lipinski definition) is 4. The highest BCUT2D eigenvalue weighted by molar-refractivity contribution is 7.89. The van der Waals surface area contributed by atoms with E-state index in [9.17, 15) is 18.0 Å². The molecule has 7 nitrogen and oxygen atoms in total. The number of carbonyl (C=O) groups is 1. The molecule has 19 heavy (non-hydrogen) atoms. The van der Waals surface area contributed by atoms with Gasteiger partial charge >= 0.3 is 5.97 Å². The molecular weight excluding hydrogens is 272 g/mol. The second-order valence-corrected chi connectivity index (χ2v) is 6.59. The number of carboxylic acids is 1. The lowest BCUT2D eigenvalue weighted by atomic mass is 10.2. The molecule has 0 radical (unpaired) electrons. The highest BCUT2D eigenvalue weighted by atomic mass is 32.2. The van der Waals surface area contributed by atoms with E-state index in [0.717, 1.165) is 4.31 Å². The topological polar surface area (TPSA) is 96.7 Å². The number of rotatable bonds is 5. The average molecular weight is 288 g/mol. The van der Waals surface area contributed by atoms with E-state index in [1.165, 1.54) is 30.9 Å². The monoisotopic (exact) mass is 288 g/mol. The number of sulfonamides is 1. The van der Waals surface area contributed by atoms with E-state index in [1.54, 1.807) is 6.92 Å². The van der Waals surface area contributed by atoms with Crippen LogP contribution in [0.4, 0.5) is 0 Å². The molecule has 1 heterocycles. The van der Waals surface area contributed by atoms with Crippen LogP contribution in [-0.4, -0.2) is 48.2 Å². The van der Waals surface area contributed by atoms with E-state index in [0.29, 0.717) is 5.69 Å². The number of nitrogens with zero attached hydrogens (tertiary/aromatic N) is 2.